The molecule has 0 spiro atoms. The van der Waals surface area contributed by atoms with Gasteiger partial charge in [0.1, 0.15) is 5.69 Å². The molecule has 0 aromatic heterocycles. The molecule has 1 rings (SSSR count). The topological polar surface area (TPSA) is 79.9 Å². The normalized spacial score (nSPS) is 10.2. The molecule has 0 saturated carbocycles. The van der Waals surface area contributed by atoms with Gasteiger partial charge in [0.05, 0.1) is 12.0 Å². The summed E-state index contributed by atoms with van der Waals surface area (Å²) >= 11 is 0. The molecule has 0 unspecified atom stereocenters. The summed E-state index contributed by atoms with van der Waals surface area (Å²) in [5.41, 5.74) is 2.77. The lowest BCUT2D eigenvalue weighted by atomic mass is 10.3. The molecule has 0 bridgehead atoms. The molecule has 6 heteroatoms. The Bertz CT molecular complexity index is 337. The number of nitro groups is 1. The van der Waals surface area contributed by atoms with E-state index in [2.05, 4.69) is 15.8 Å². The maximum atomic E-state index is 10.5. The first-order chi connectivity index (χ1) is 6.25. The Morgan fingerprint density at radius 3 is 2.77 bits per heavy atom. The Labute approximate surface area is 74.4 Å². The average Bonchev–Trinajstić information content (AvgIpc) is 2.15. The highest BCUT2D eigenvalue weighted by molar-refractivity contribution is 5.60. The van der Waals surface area contributed by atoms with E-state index >= 15 is 0 Å². The second kappa shape index (κ2) is 4.15. The van der Waals surface area contributed by atoms with Crippen molar-refractivity contribution in [3.8, 4) is 0 Å². The number of rotatable bonds is 3. The number of nitrogens with zero attached hydrogens (tertiary/aromatic N) is 3. The Kier molecular flexibility index (Phi) is 2.91. The molecule has 0 fully saturated rings. The zero-order chi connectivity index (χ0) is 9.68. The summed E-state index contributed by atoms with van der Waals surface area (Å²) < 4.78 is 0. The molecule has 1 aromatic carbocycles. The molecule has 1 aromatic rings. The number of nitro benzene ring substituents is 1. The first-order valence-corrected chi connectivity index (χ1v) is 3.54. The number of benzene rings is 1. The van der Waals surface area contributed by atoms with E-state index in [9.17, 15) is 10.1 Å². The van der Waals surface area contributed by atoms with Crippen LogP contribution in [-0.4, -0.2) is 12.0 Å². The van der Waals surface area contributed by atoms with Crippen molar-refractivity contribution in [2.45, 2.75) is 0 Å². The van der Waals surface area contributed by atoms with Crippen molar-refractivity contribution >= 4 is 11.4 Å². The summed E-state index contributed by atoms with van der Waals surface area (Å²) in [4.78, 5) is 10.00. The van der Waals surface area contributed by atoms with Crippen LogP contribution in [0.1, 0.15) is 0 Å². The Hall–Kier alpha value is -1.98. The highest BCUT2D eigenvalue weighted by atomic mass is 16.6. The first kappa shape index (κ1) is 9.11. The third-order valence-electron chi connectivity index (χ3n) is 1.37. The lowest BCUT2D eigenvalue weighted by Crippen LogP contribution is -1.94. The van der Waals surface area contributed by atoms with Crippen LogP contribution in [0.4, 0.5) is 11.4 Å². The smallest absolute Gasteiger partial charge is 0.258 e. The van der Waals surface area contributed by atoms with E-state index in [4.69, 9.17) is 0 Å². The highest BCUT2D eigenvalue weighted by Crippen LogP contribution is 2.22. The fourth-order valence-electron chi connectivity index (χ4n) is 0.831. The van der Waals surface area contributed by atoms with E-state index < -0.39 is 4.92 Å². The van der Waals surface area contributed by atoms with E-state index in [0.717, 1.165) is 0 Å². The van der Waals surface area contributed by atoms with Crippen LogP contribution in [0.3, 0.4) is 0 Å². The van der Waals surface area contributed by atoms with Gasteiger partial charge in [-0.05, 0) is 6.07 Å². The Morgan fingerprint density at radius 2 is 2.15 bits per heavy atom. The standard InChI is InChI=1S/C7H8N4O2/c1-8-10-9-6-4-2-3-5-7(6)11(12)13/h2-5H,1H3,(H,8,9). The van der Waals surface area contributed by atoms with Crippen LogP contribution in [0.15, 0.2) is 34.6 Å². The minimum Gasteiger partial charge on any atom is -0.258 e. The van der Waals surface area contributed by atoms with Crippen LogP contribution < -0.4 is 5.43 Å². The molecule has 1 N–H and O–H groups in total. The van der Waals surface area contributed by atoms with Gasteiger partial charge in [0.25, 0.3) is 5.69 Å². The summed E-state index contributed by atoms with van der Waals surface area (Å²) in [5, 5.41) is 17.4. The number of hydrogen-bond acceptors (Lipinski definition) is 4. The fourth-order valence-corrected chi connectivity index (χ4v) is 0.831. The molecule has 6 nitrogen and oxygen atoms in total. The van der Waals surface area contributed by atoms with Gasteiger partial charge in [0.2, 0.25) is 0 Å². The molecule has 0 aliphatic carbocycles. The summed E-state index contributed by atoms with van der Waals surface area (Å²) in [5.74, 6) is 0. The average molecular weight is 180 g/mol. The van der Waals surface area contributed by atoms with Crippen molar-refractivity contribution in [2.75, 3.05) is 12.5 Å². The maximum absolute atomic E-state index is 10.5. The van der Waals surface area contributed by atoms with Crippen LogP contribution in [-0.2, 0) is 0 Å². The van der Waals surface area contributed by atoms with Crippen LogP contribution >= 0.6 is 0 Å². The van der Waals surface area contributed by atoms with Gasteiger partial charge in [-0.2, -0.15) is 5.11 Å². The zero-order valence-electron chi connectivity index (χ0n) is 6.97. The summed E-state index contributed by atoms with van der Waals surface area (Å²) in [6.07, 6.45) is 0. The van der Waals surface area contributed by atoms with E-state index in [-0.39, 0.29) is 5.69 Å². The largest absolute Gasteiger partial charge is 0.294 e. The molecule has 0 saturated heterocycles. The molecule has 68 valence electrons. The van der Waals surface area contributed by atoms with Gasteiger partial charge in [0.15, 0.2) is 0 Å². The van der Waals surface area contributed by atoms with Crippen molar-refractivity contribution < 1.29 is 4.92 Å². The van der Waals surface area contributed by atoms with Gasteiger partial charge < -0.3 is 0 Å². The maximum Gasteiger partial charge on any atom is 0.294 e. The van der Waals surface area contributed by atoms with Crippen molar-refractivity contribution in [2.24, 2.45) is 10.3 Å². The summed E-state index contributed by atoms with van der Waals surface area (Å²) in [7, 11) is 1.47. The molecule has 0 radical (unpaired) electrons. The van der Waals surface area contributed by atoms with Crippen molar-refractivity contribution in [1.29, 1.82) is 0 Å². The van der Waals surface area contributed by atoms with E-state index in [0.29, 0.717) is 5.69 Å². The minimum absolute atomic E-state index is 0.0186. The van der Waals surface area contributed by atoms with Crippen LogP contribution in [0.25, 0.3) is 0 Å². The van der Waals surface area contributed by atoms with Crippen LogP contribution in [0, 0.1) is 10.1 Å². The van der Waals surface area contributed by atoms with Gasteiger partial charge in [-0.3, -0.25) is 15.5 Å². The Morgan fingerprint density at radius 1 is 1.46 bits per heavy atom. The molecular formula is C7H8N4O2. The second-order valence-corrected chi connectivity index (χ2v) is 2.19. The lowest BCUT2D eigenvalue weighted by molar-refractivity contribution is -0.384. The SMILES string of the molecule is CN=NNc1ccccc1[N+](=O)[O-]. The first-order valence-electron chi connectivity index (χ1n) is 3.54. The third-order valence-corrected chi connectivity index (χ3v) is 1.37. The van der Waals surface area contributed by atoms with Gasteiger partial charge in [0, 0.05) is 6.07 Å². The molecule has 0 amide bonds. The van der Waals surface area contributed by atoms with Gasteiger partial charge in [-0.1, -0.05) is 17.4 Å². The van der Waals surface area contributed by atoms with Crippen molar-refractivity contribution in [3.05, 3.63) is 34.4 Å². The minimum atomic E-state index is -0.479. The van der Waals surface area contributed by atoms with Crippen molar-refractivity contribution in [1.82, 2.24) is 0 Å². The van der Waals surface area contributed by atoms with Gasteiger partial charge in [-0.25, -0.2) is 0 Å². The molecule has 0 aliphatic heterocycles. The molecule has 0 aliphatic rings. The second-order valence-electron chi connectivity index (χ2n) is 2.19. The van der Waals surface area contributed by atoms with E-state index in [1.54, 1.807) is 18.2 Å². The number of hydrogen-bond donors (Lipinski definition) is 1. The van der Waals surface area contributed by atoms with Crippen molar-refractivity contribution in [3.63, 3.8) is 0 Å². The molecule has 13 heavy (non-hydrogen) atoms. The summed E-state index contributed by atoms with van der Waals surface area (Å²) in [6.45, 7) is 0. The predicted octanol–water partition coefficient (Wildman–Crippen LogP) is 2.00. The zero-order valence-corrected chi connectivity index (χ0v) is 6.97. The quantitative estimate of drug-likeness (QED) is 0.439. The molecular weight excluding hydrogens is 172 g/mol. The fraction of sp³-hybridized carbons (Fsp3) is 0.143. The lowest BCUT2D eigenvalue weighted by Gasteiger charge is -1.98. The third kappa shape index (κ3) is 2.22. The van der Waals surface area contributed by atoms with E-state index in [1.165, 1.54) is 13.1 Å². The number of para-hydroxylation sites is 2. The Balaban J connectivity index is 2.97. The summed E-state index contributed by atoms with van der Waals surface area (Å²) in [6, 6.07) is 6.23. The van der Waals surface area contributed by atoms with Crippen LogP contribution in [0.5, 0.6) is 0 Å². The van der Waals surface area contributed by atoms with E-state index in [1.807, 2.05) is 0 Å². The monoisotopic (exact) mass is 180 g/mol. The van der Waals surface area contributed by atoms with Crippen LogP contribution in [0.2, 0.25) is 0 Å². The highest BCUT2D eigenvalue weighted by Gasteiger charge is 2.10. The van der Waals surface area contributed by atoms with Gasteiger partial charge >= 0.3 is 0 Å². The predicted molar refractivity (Wildman–Crippen MR) is 47.5 cm³/mol. The molecule has 0 atom stereocenters. The number of nitrogens with one attached hydrogen (secondary N) is 1. The number of anilines is 1. The molecule has 0 heterocycles. The van der Waals surface area contributed by atoms with Gasteiger partial charge in [-0.15, -0.1) is 0 Å².